The highest BCUT2D eigenvalue weighted by Crippen LogP contribution is 2.49. The lowest BCUT2D eigenvalue weighted by Gasteiger charge is -2.35. The van der Waals surface area contributed by atoms with Crippen molar-refractivity contribution in [2.45, 2.75) is 90.5 Å². The number of benzene rings is 6. The van der Waals surface area contributed by atoms with Crippen molar-refractivity contribution in [2.24, 2.45) is 11.8 Å². The second-order valence-corrected chi connectivity index (χ2v) is 28.1. The fraction of sp³-hybridized carbons (Fsp3) is 0.300. The first-order valence-corrected chi connectivity index (χ1v) is 34.3. The van der Waals surface area contributed by atoms with Crippen LogP contribution in [0.2, 0.25) is 0 Å². The van der Waals surface area contributed by atoms with Crippen molar-refractivity contribution in [1.82, 2.24) is 40.6 Å². The number of anilines is 2. The molecular weight excluding hydrogens is 1310 g/mol. The molecule has 23 heteroatoms. The molecule has 2 saturated carbocycles. The number of furan rings is 2. The Morgan fingerprint density at radius 1 is 0.505 bits per heavy atom. The van der Waals surface area contributed by atoms with Gasteiger partial charge in [0.2, 0.25) is 11.8 Å². The van der Waals surface area contributed by atoms with Gasteiger partial charge in [0.1, 0.15) is 57.2 Å². The zero-order chi connectivity index (χ0) is 72.9. The molecule has 4 fully saturated rings. The molecule has 4 aliphatic rings. The maximum atomic E-state index is 13.9. The summed E-state index contributed by atoms with van der Waals surface area (Å²) in [6, 6.07) is 45.4. The van der Waals surface area contributed by atoms with E-state index in [2.05, 4.69) is 25.9 Å². The van der Waals surface area contributed by atoms with Crippen LogP contribution in [0.3, 0.4) is 0 Å². The summed E-state index contributed by atoms with van der Waals surface area (Å²) in [4.78, 5) is 87.7. The summed E-state index contributed by atoms with van der Waals surface area (Å²) in [6.45, 7) is 16.4. The summed E-state index contributed by atoms with van der Waals surface area (Å²) in [5, 5.41) is 20.1. The monoisotopic (exact) mass is 1400 g/mol. The quantitative estimate of drug-likeness (QED) is 0.0590. The molecule has 6 aromatic carbocycles. The number of carboxylic acid groups (broad SMARTS) is 1. The molecule has 2 aliphatic heterocycles. The van der Waals surface area contributed by atoms with Crippen LogP contribution in [-0.4, -0.2) is 129 Å². The molecule has 2 aliphatic carbocycles. The molecule has 103 heavy (non-hydrogen) atoms. The number of aromatic carboxylic acids is 1. The topological polar surface area (TPSA) is 291 Å². The van der Waals surface area contributed by atoms with Crippen molar-refractivity contribution in [3.05, 3.63) is 216 Å². The van der Waals surface area contributed by atoms with Crippen LogP contribution in [0.25, 0.3) is 66.4 Å². The summed E-state index contributed by atoms with van der Waals surface area (Å²) in [7, 11) is 0. The average Bonchev–Trinajstić information content (AvgIpc) is 1.70. The molecule has 4 aromatic heterocycles. The smallest absolute Gasteiger partial charge is 0.410 e. The Labute approximate surface area is 594 Å². The molecule has 4 atom stereocenters. The third-order valence-corrected chi connectivity index (χ3v) is 18.2. The maximum absolute atomic E-state index is 13.9. The fourth-order valence-electron chi connectivity index (χ4n) is 12.6. The Morgan fingerprint density at radius 3 is 1.28 bits per heavy atom. The van der Waals surface area contributed by atoms with Crippen molar-refractivity contribution < 1.29 is 61.0 Å². The van der Waals surface area contributed by atoms with Crippen LogP contribution in [0.5, 0.6) is 0 Å². The highest BCUT2D eigenvalue weighted by molar-refractivity contribution is 6.00. The van der Waals surface area contributed by atoms with Gasteiger partial charge >= 0.3 is 18.2 Å². The number of hydrogen-bond donors (Lipinski definition) is 6. The van der Waals surface area contributed by atoms with E-state index >= 15 is 0 Å². The Bertz CT molecular complexity index is 4730. The van der Waals surface area contributed by atoms with Crippen LogP contribution in [0.4, 0.5) is 30.0 Å². The molecule has 0 bridgehead atoms. The van der Waals surface area contributed by atoms with Gasteiger partial charge < -0.3 is 65.5 Å². The molecule has 2 saturated heterocycles. The van der Waals surface area contributed by atoms with Crippen LogP contribution in [0.15, 0.2) is 179 Å². The van der Waals surface area contributed by atoms with Gasteiger partial charge in [-0.25, -0.2) is 33.1 Å². The van der Waals surface area contributed by atoms with Gasteiger partial charge in [0.05, 0.1) is 18.7 Å². The molecule has 21 nitrogen and oxygen atoms in total. The third kappa shape index (κ3) is 18.0. The lowest BCUT2D eigenvalue weighted by atomic mass is 9.96. The van der Waals surface area contributed by atoms with Crippen LogP contribution in [-0.2, 0) is 32.2 Å². The number of piperazine rings is 2. The summed E-state index contributed by atoms with van der Waals surface area (Å²) >= 11 is 0. The second kappa shape index (κ2) is 30.4. The largest absolute Gasteiger partial charge is 0.478 e. The van der Waals surface area contributed by atoms with E-state index in [-0.39, 0.29) is 89.5 Å². The third-order valence-electron chi connectivity index (χ3n) is 18.2. The molecule has 532 valence electrons. The Kier molecular flexibility index (Phi) is 21.1. The number of fused-ring (bicyclic) bond motifs is 2. The molecule has 8 N–H and O–H groups in total. The van der Waals surface area contributed by atoms with Gasteiger partial charge in [-0.05, 0) is 208 Å². The van der Waals surface area contributed by atoms with E-state index in [1.165, 1.54) is 24.3 Å². The van der Waals surface area contributed by atoms with Crippen molar-refractivity contribution >= 4 is 69.5 Å². The standard InChI is InChI=1S/C40H40FN5O5.C31H24FN3O4.C9H18N2O2/c1-40(2,3)51-39(49)46-16-14-45(15-17-46)38(48)26-6-4-24(5-7-26)28-18-29-19-31(50-36(29)33(20-28)25-8-11-30(41)12-9-25)23-44-37(47)34-21-32(34)27-10-13-35(42)43-22-27;32-23-8-5-18(6-9-23)26-13-21(17-1-3-19(4-2-17)31(37)38)11-22-12-24(39-29(22)26)16-35-30(36)27-14-25(27)20-7-10-28(33)34-15-20;1-9(2,3)13-8(12)11-6-4-10-5-7-11/h4-13,18-20,22,32,34H,14-17,21,23H2,1-3H3,(H2,42,43)(H,44,47);1-13,15,25,27H,14,16H2,(H2,33,34)(H,35,36)(H,37,38);10H,4-7H2,1-3H3/t32-,34+;25-,27+;/m11./s1. The number of amides is 5. The van der Waals surface area contributed by atoms with Crippen LogP contribution >= 0.6 is 0 Å². The summed E-state index contributed by atoms with van der Waals surface area (Å²) in [5.41, 5.74) is 21.0. The van der Waals surface area contributed by atoms with Crippen LogP contribution < -0.4 is 27.4 Å². The zero-order valence-corrected chi connectivity index (χ0v) is 58.1. The van der Waals surface area contributed by atoms with E-state index in [0.29, 0.717) is 66.1 Å². The lowest BCUT2D eigenvalue weighted by Crippen LogP contribution is -2.51. The first-order chi connectivity index (χ1) is 49.3. The Hall–Kier alpha value is -11.5. The first-order valence-electron chi connectivity index (χ1n) is 34.3. The Morgan fingerprint density at radius 2 is 0.893 bits per heavy atom. The van der Waals surface area contributed by atoms with Gasteiger partial charge in [-0.15, -0.1) is 0 Å². The normalized spacial score (nSPS) is 17.1. The number of rotatable bonds is 14. The number of ether oxygens (including phenoxy) is 2. The molecule has 0 spiro atoms. The van der Waals surface area contributed by atoms with Crippen molar-refractivity contribution in [3.8, 4) is 44.5 Å². The number of hydrogen-bond acceptors (Lipinski definition) is 15. The van der Waals surface area contributed by atoms with Gasteiger partial charge in [0.15, 0.2) is 0 Å². The van der Waals surface area contributed by atoms with Gasteiger partial charge in [0, 0.05) is 104 Å². The van der Waals surface area contributed by atoms with E-state index in [1.807, 2.05) is 114 Å². The highest BCUT2D eigenvalue weighted by atomic mass is 19.1. The van der Waals surface area contributed by atoms with E-state index in [9.17, 15) is 42.7 Å². The number of carbonyl (C=O) groups excluding carboxylic acids is 5. The highest BCUT2D eigenvalue weighted by Gasteiger charge is 2.45. The number of carboxylic acids is 1. The average molecular weight is 1400 g/mol. The van der Waals surface area contributed by atoms with Gasteiger partial charge in [-0.1, -0.05) is 60.7 Å². The van der Waals surface area contributed by atoms with Crippen molar-refractivity contribution in [1.29, 1.82) is 0 Å². The number of aromatic nitrogens is 2. The molecule has 5 amide bonds. The van der Waals surface area contributed by atoms with Crippen molar-refractivity contribution in [2.75, 3.05) is 63.8 Å². The SMILES string of the molecule is CC(C)(C)OC(=O)N1CCN(C(=O)c2ccc(-c3cc(-c4ccc(F)cc4)c4oc(CNC(=O)[C@H]5C[C@@H]5c5ccc(N)nc5)cc4c3)cc2)CC1.CC(C)(C)OC(=O)N1CCNCC1.Nc1ccc([C@H]2C[C@@H]2C(=O)NCc2cc3cc(-c4ccc(C(=O)O)cc4)cc(-c4ccc(F)cc4)c3o2)cn1. The molecule has 10 aromatic rings. The Balaban J connectivity index is 0.000000169. The predicted molar refractivity (Wildman–Crippen MR) is 388 cm³/mol. The minimum Gasteiger partial charge on any atom is -0.478 e. The number of pyridine rings is 2. The van der Waals surface area contributed by atoms with E-state index in [0.717, 1.165) is 105 Å². The van der Waals surface area contributed by atoms with Crippen LogP contribution in [0.1, 0.15) is 110 Å². The molecule has 0 radical (unpaired) electrons. The maximum Gasteiger partial charge on any atom is 0.410 e. The van der Waals surface area contributed by atoms with Crippen LogP contribution in [0, 0.1) is 23.5 Å². The molecular formula is C80H82F2N10O11. The van der Waals surface area contributed by atoms with E-state index in [4.69, 9.17) is 29.8 Å². The summed E-state index contributed by atoms with van der Waals surface area (Å²) in [6.07, 6.45) is 4.39. The number of nitrogen functional groups attached to an aromatic ring is 2. The summed E-state index contributed by atoms with van der Waals surface area (Å²) in [5.74, 6) is 0.232. The number of carbonyl (C=O) groups is 6. The van der Waals surface area contributed by atoms with E-state index in [1.54, 1.807) is 87.8 Å². The van der Waals surface area contributed by atoms with Crippen molar-refractivity contribution in [3.63, 3.8) is 0 Å². The second-order valence-electron chi connectivity index (χ2n) is 28.1. The minimum atomic E-state index is -0.992. The number of halogens is 2. The fourth-order valence-corrected chi connectivity index (χ4v) is 12.6. The summed E-state index contributed by atoms with van der Waals surface area (Å²) < 4.78 is 50.7. The van der Waals surface area contributed by atoms with Gasteiger partial charge in [-0.2, -0.15) is 0 Å². The molecule has 14 rings (SSSR count). The molecule has 0 unspecified atom stereocenters. The number of nitrogens with zero attached hydrogens (tertiary/aromatic N) is 5. The molecule has 6 heterocycles. The van der Waals surface area contributed by atoms with E-state index < -0.39 is 11.6 Å². The van der Waals surface area contributed by atoms with Gasteiger partial charge in [0.25, 0.3) is 5.91 Å². The number of nitrogens with one attached hydrogen (secondary N) is 3. The lowest BCUT2D eigenvalue weighted by molar-refractivity contribution is -0.123. The number of nitrogens with two attached hydrogens (primary N) is 2. The van der Waals surface area contributed by atoms with Gasteiger partial charge in [-0.3, -0.25) is 14.4 Å². The zero-order valence-electron chi connectivity index (χ0n) is 58.1. The first kappa shape index (κ1) is 71.4. The predicted octanol–water partition coefficient (Wildman–Crippen LogP) is 13.8. The minimum absolute atomic E-state index is 0.0451.